The van der Waals surface area contributed by atoms with Gasteiger partial charge in [0.05, 0.1) is 0 Å². The first-order valence-electron chi connectivity index (χ1n) is 10.1. The number of nitrogens with zero attached hydrogens (tertiary/aromatic N) is 3. The van der Waals surface area contributed by atoms with Crippen LogP contribution in [0.25, 0.3) is 11.1 Å². The largest absolute Gasteiger partial charge is 0.422 e. The van der Waals surface area contributed by atoms with Crippen molar-refractivity contribution in [3.8, 4) is 0 Å². The van der Waals surface area contributed by atoms with Gasteiger partial charge in [-0.3, -0.25) is 0 Å². The summed E-state index contributed by atoms with van der Waals surface area (Å²) in [4.78, 5) is 8.55. The normalized spacial score (nSPS) is 21.0. The topological polar surface area (TPSA) is 87.8 Å². The van der Waals surface area contributed by atoms with E-state index < -0.39 is 10.2 Å². The highest BCUT2D eigenvalue weighted by Gasteiger charge is 2.26. The summed E-state index contributed by atoms with van der Waals surface area (Å²) in [7, 11) is -3.44. The maximum atomic E-state index is 13.2. The number of oxazole rings is 1. The molecule has 1 heterocycles. The Morgan fingerprint density at radius 3 is 2.72 bits per heavy atom. The molecule has 0 spiro atoms. The molecule has 0 atom stereocenters. The van der Waals surface area contributed by atoms with Gasteiger partial charge in [0.2, 0.25) is 0 Å². The molecule has 160 valence electrons. The molecule has 1 aromatic heterocycles. The number of hydrogen-bond acceptors (Lipinski definition) is 5. The van der Waals surface area contributed by atoms with E-state index in [-0.39, 0.29) is 17.9 Å². The van der Waals surface area contributed by atoms with Crippen molar-refractivity contribution in [3.05, 3.63) is 24.0 Å². The van der Waals surface area contributed by atoms with Crippen molar-refractivity contribution in [2.45, 2.75) is 52.5 Å². The maximum absolute atomic E-state index is 13.2. The monoisotopic (exact) mass is 424 g/mol. The Hall–Kier alpha value is -1.84. The highest BCUT2D eigenvalue weighted by atomic mass is 32.2. The Balaban J connectivity index is 1.49. The lowest BCUT2D eigenvalue weighted by Gasteiger charge is -2.29. The zero-order chi connectivity index (χ0) is 21.0. The van der Waals surface area contributed by atoms with Gasteiger partial charge in [0.15, 0.2) is 5.58 Å². The van der Waals surface area contributed by atoms with Crippen LogP contribution in [-0.2, 0) is 10.2 Å². The number of halogens is 1. The SMILES string of the molecule is CCN(C(C)C)S(=O)(=O)NCC1CCC(/C=N/c2nc3ccc(F)cc3o2)CC1. The smallest absolute Gasteiger partial charge is 0.322 e. The third kappa shape index (κ3) is 5.61. The van der Waals surface area contributed by atoms with Crippen LogP contribution in [0.5, 0.6) is 0 Å². The summed E-state index contributed by atoms with van der Waals surface area (Å²) in [6.07, 6.45) is 5.59. The summed E-state index contributed by atoms with van der Waals surface area (Å²) < 4.78 is 47.8. The van der Waals surface area contributed by atoms with E-state index in [4.69, 9.17) is 4.42 Å². The van der Waals surface area contributed by atoms with E-state index in [0.717, 1.165) is 25.7 Å². The van der Waals surface area contributed by atoms with Crippen molar-refractivity contribution in [2.24, 2.45) is 16.8 Å². The molecule has 2 aromatic rings. The average molecular weight is 425 g/mol. The Bertz CT molecular complexity index is 950. The molecule has 0 saturated heterocycles. The molecule has 9 heteroatoms. The third-order valence-electron chi connectivity index (χ3n) is 5.38. The minimum Gasteiger partial charge on any atom is -0.422 e. The first-order valence-corrected chi connectivity index (χ1v) is 11.6. The lowest BCUT2D eigenvalue weighted by molar-refractivity contribution is 0.316. The molecule has 1 saturated carbocycles. The van der Waals surface area contributed by atoms with Crippen LogP contribution >= 0.6 is 0 Å². The number of aliphatic imine (C=N–C) groups is 1. The Kier molecular flexibility index (Phi) is 7.02. The molecular weight excluding hydrogens is 395 g/mol. The molecule has 29 heavy (non-hydrogen) atoms. The van der Waals surface area contributed by atoms with E-state index in [9.17, 15) is 12.8 Å². The van der Waals surface area contributed by atoms with Crippen molar-refractivity contribution >= 4 is 33.5 Å². The molecule has 1 aromatic carbocycles. The van der Waals surface area contributed by atoms with Crippen LogP contribution in [0.1, 0.15) is 46.5 Å². The number of aromatic nitrogens is 1. The van der Waals surface area contributed by atoms with Gasteiger partial charge in [0.1, 0.15) is 11.3 Å². The molecule has 3 rings (SSSR count). The van der Waals surface area contributed by atoms with Gasteiger partial charge in [-0.1, -0.05) is 6.92 Å². The van der Waals surface area contributed by atoms with Gasteiger partial charge < -0.3 is 4.42 Å². The number of nitrogens with one attached hydrogen (secondary N) is 1. The maximum Gasteiger partial charge on any atom is 0.322 e. The van der Waals surface area contributed by atoms with Crippen LogP contribution in [0.4, 0.5) is 10.4 Å². The van der Waals surface area contributed by atoms with Gasteiger partial charge in [-0.2, -0.15) is 17.7 Å². The quantitative estimate of drug-likeness (QED) is 0.648. The molecule has 7 nitrogen and oxygen atoms in total. The predicted octanol–water partition coefficient (Wildman–Crippen LogP) is 4.04. The van der Waals surface area contributed by atoms with Crippen LogP contribution in [0.3, 0.4) is 0 Å². The lowest BCUT2D eigenvalue weighted by atomic mass is 9.83. The van der Waals surface area contributed by atoms with Gasteiger partial charge in [0, 0.05) is 31.4 Å². The Morgan fingerprint density at radius 2 is 2.07 bits per heavy atom. The second kappa shape index (κ2) is 9.32. The van der Waals surface area contributed by atoms with Crippen molar-refractivity contribution in [3.63, 3.8) is 0 Å². The van der Waals surface area contributed by atoms with Crippen molar-refractivity contribution < 1.29 is 17.2 Å². The Morgan fingerprint density at radius 1 is 1.34 bits per heavy atom. The fourth-order valence-electron chi connectivity index (χ4n) is 3.77. The molecule has 1 N–H and O–H groups in total. The number of benzene rings is 1. The summed E-state index contributed by atoms with van der Waals surface area (Å²) in [5.74, 6) is 0.263. The molecular formula is C20H29FN4O3S. The van der Waals surface area contributed by atoms with Gasteiger partial charge in [0.25, 0.3) is 10.2 Å². The molecule has 1 fully saturated rings. The van der Waals surface area contributed by atoms with E-state index >= 15 is 0 Å². The fourth-order valence-corrected chi connectivity index (χ4v) is 5.28. The zero-order valence-corrected chi connectivity index (χ0v) is 18.0. The minimum absolute atomic E-state index is 0.0622. The second-order valence-electron chi connectivity index (χ2n) is 7.82. The van der Waals surface area contributed by atoms with Gasteiger partial charge in [-0.05, 0) is 63.5 Å². The second-order valence-corrected chi connectivity index (χ2v) is 9.53. The summed E-state index contributed by atoms with van der Waals surface area (Å²) in [6, 6.07) is 4.38. The van der Waals surface area contributed by atoms with Gasteiger partial charge in [-0.15, -0.1) is 0 Å². The van der Waals surface area contributed by atoms with Crippen molar-refractivity contribution in [1.29, 1.82) is 0 Å². The van der Waals surface area contributed by atoms with Crippen LogP contribution in [0.2, 0.25) is 0 Å². The standard InChI is InChI=1S/C20H29FN4O3S/c1-4-25(14(2)3)29(26,27)23-13-16-7-5-15(6-8-16)12-22-20-24-18-10-9-17(21)11-19(18)28-20/h9-12,14-16,23H,4-8,13H2,1-3H3/b22-12+. The summed E-state index contributed by atoms with van der Waals surface area (Å²) in [5, 5.41) is 0. The first kappa shape index (κ1) is 21.9. The lowest BCUT2D eigenvalue weighted by Crippen LogP contribution is -2.46. The molecule has 0 unspecified atom stereocenters. The van der Waals surface area contributed by atoms with E-state index in [1.807, 2.05) is 27.0 Å². The van der Waals surface area contributed by atoms with E-state index in [1.165, 1.54) is 16.4 Å². The zero-order valence-electron chi connectivity index (χ0n) is 17.1. The molecule has 0 radical (unpaired) electrons. The van der Waals surface area contributed by atoms with E-state index in [1.54, 1.807) is 6.07 Å². The minimum atomic E-state index is -3.44. The van der Waals surface area contributed by atoms with Crippen LogP contribution < -0.4 is 4.72 Å². The van der Waals surface area contributed by atoms with Crippen LogP contribution in [-0.4, -0.2) is 43.1 Å². The fraction of sp³-hybridized carbons (Fsp3) is 0.600. The van der Waals surface area contributed by atoms with E-state index in [0.29, 0.717) is 36.0 Å². The van der Waals surface area contributed by atoms with Crippen molar-refractivity contribution in [2.75, 3.05) is 13.1 Å². The highest BCUT2D eigenvalue weighted by molar-refractivity contribution is 7.87. The third-order valence-corrected chi connectivity index (χ3v) is 7.21. The summed E-state index contributed by atoms with van der Waals surface area (Å²) in [5.41, 5.74) is 0.965. The van der Waals surface area contributed by atoms with Gasteiger partial charge in [-0.25, -0.2) is 14.1 Å². The van der Waals surface area contributed by atoms with Crippen LogP contribution in [0.15, 0.2) is 27.6 Å². The number of hydrogen-bond donors (Lipinski definition) is 1. The molecule has 1 aliphatic carbocycles. The summed E-state index contributed by atoms with van der Waals surface area (Å²) >= 11 is 0. The van der Waals surface area contributed by atoms with Gasteiger partial charge >= 0.3 is 6.01 Å². The highest BCUT2D eigenvalue weighted by Crippen LogP contribution is 2.29. The molecule has 0 bridgehead atoms. The predicted molar refractivity (Wildman–Crippen MR) is 112 cm³/mol. The molecule has 0 aliphatic heterocycles. The Labute approximate surface area is 171 Å². The number of rotatable bonds is 8. The molecule has 0 amide bonds. The van der Waals surface area contributed by atoms with Crippen molar-refractivity contribution in [1.82, 2.24) is 14.0 Å². The van der Waals surface area contributed by atoms with Crippen LogP contribution in [0, 0.1) is 17.7 Å². The first-order chi connectivity index (χ1) is 13.8. The average Bonchev–Trinajstić information content (AvgIpc) is 3.07. The molecule has 1 aliphatic rings. The van der Waals surface area contributed by atoms with E-state index in [2.05, 4.69) is 14.7 Å². The number of fused-ring (bicyclic) bond motifs is 1. The summed E-state index contributed by atoms with van der Waals surface area (Å²) in [6.45, 7) is 6.52.